The minimum absolute atomic E-state index is 0.0340. The van der Waals surface area contributed by atoms with Gasteiger partial charge in [-0.3, -0.25) is 9.59 Å². The molecule has 2 amide bonds. The Hall–Kier alpha value is -1.92. The topological polar surface area (TPSA) is 83.9 Å². The van der Waals surface area contributed by atoms with Crippen molar-refractivity contribution in [3.63, 3.8) is 0 Å². The van der Waals surface area contributed by atoms with Gasteiger partial charge >= 0.3 is 5.97 Å². The average molecular weight is 270 g/mol. The lowest BCUT2D eigenvalue weighted by Crippen LogP contribution is -2.47. The number of rotatable bonds is 2. The van der Waals surface area contributed by atoms with Crippen molar-refractivity contribution in [3.05, 3.63) is 28.8 Å². The minimum atomic E-state index is -1.30. The third-order valence-electron chi connectivity index (χ3n) is 2.40. The predicted octanol–water partition coefficient (Wildman–Crippen LogP) is 0.928. The highest BCUT2D eigenvalue weighted by molar-refractivity contribution is 6.35. The number of morpholine rings is 1. The Morgan fingerprint density at radius 1 is 1.28 bits per heavy atom. The Kier molecular flexibility index (Phi) is 3.31. The summed E-state index contributed by atoms with van der Waals surface area (Å²) in [4.78, 5) is 35.2. The first kappa shape index (κ1) is 12.5. The van der Waals surface area contributed by atoms with Crippen LogP contribution < -0.4 is 4.90 Å². The summed E-state index contributed by atoms with van der Waals surface area (Å²) in [5.41, 5.74) is -0.309. The first-order chi connectivity index (χ1) is 8.52. The summed E-state index contributed by atoms with van der Waals surface area (Å²) in [7, 11) is 0. The van der Waals surface area contributed by atoms with Crippen molar-refractivity contribution >= 4 is 35.1 Å². The molecule has 6 nitrogen and oxygen atoms in total. The van der Waals surface area contributed by atoms with Gasteiger partial charge in [-0.2, -0.15) is 0 Å². The summed E-state index contributed by atoms with van der Waals surface area (Å²) >= 11 is 5.78. The van der Waals surface area contributed by atoms with Gasteiger partial charge in [0.25, 0.3) is 11.8 Å². The second-order valence-electron chi connectivity index (χ2n) is 3.55. The summed E-state index contributed by atoms with van der Waals surface area (Å²) in [5, 5.41) is 9.05. The zero-order valence-corrected chi connectivity index (χ0v) is 9.81. The quantitative estimate of drug-likeness (QED) is 0.808. The van der Waals surface area contributed by atoms with E-state index in [0.29, 0.717) is 0 Å². The van der Waals surface area contributed by atoms with Crippen molar-refractivity contribution in [2.45, 2.75) is 0 Å². The second-order valence-corrected chi connectivity index (χ2v) is 3.96. The van der Waals surface area contributed by atoms with Crippen LogP contribution in [-0.4, -0.2) is 36.1 Å². The number of aromatic carboxylic acids is 1. The van der Waals surface area contributed by atoms with E-state index in [1.807, 2.05) is 0 Å². The fourth-order valence-electron chi connectivity index (χ4n) is 1.67. The van der Waals surface area contributed by atoms with Crippen LogP contribution in [0.15, 0.2) is 18.2 Å². The van der Waals surface area contributed by atoms with Crippen molar-refractivity contribution in [3.8, 4) is 0 Å². The number of imide groups is 1. The Labute approximate surface area is 107 Å². The van der Waals surface area contributed by atoms with E-state index < -0.39 is 17.8 Å². The van der Waals surface area contributed by atoms with Crippen molar-refractivity contribution in [1.82, 2.24) is 0 Å². The SMILES string of the molecule is O=C(O)c1c(Cl)cccc1N1C(=O)COCC1=O. The molecule has 94 valence electrons. The molecule has 1 fully saturated rings. The maximum absolute atomic E-state index is 11.6. The number of carbonyl (C=O) groups is 3. The Bertz CT molecular complexity index is 526. The molecule has 0 radical (unpaired) electrons. The molecule has 1 aliphatic heterocycles. The number of carbonyl (C=O) groups excluding carboxylic acids is 2. The largest absolute Gasteiger partial charge is 0.478 e. The smallest absolute Gasteiger partial charge is 0.339 e. The number of nitrogens with zero attached hydrogens (tertiary/aromatic N) is 1. The van der Waals surface area contributed by atoms with Gasteiger partial charge in [-0.15, -0.1) is 0 Å². The van der Waals surface area contributed by atoms with Crippen molar-refractivity contribution in [2.24, 2.45) is 0 Å². The molecule has 0 saturated carbocycles. The molecule has 1 saturated heterocycles. The van der Waals surface area contributed by atoms with Gasteiger partial charge in [-0.1, -0.05) is 17.7 Å². The standard InChI is InChI=1S/C11H8ClNO5/c12-6-2-1-3-7(10(6)11(16)17)13-8(14)4-18-5-9(13)15/h1-3H,4-5H2,(H,16,17). The average Bonchev–Trinajstić information content (AvgIpc) is 2.28. The highest BCUT2D eigenvalue weighted by Crippen LogP contribution is 2.28. The molecule has 1 aromatic carbocycles. The van der Waals surface area contributed by atoms with E-state index in [1.165, 1.54) is 18.2 Å². The van der Waals surface area contributed by atoms with Crippen LogP contribution in [0.25, 0.3) is 0 Å². The van der Waals surface area contributed by atoms with Crippen LogP contribution in [0.5, 0.6) is 0 Å². The van der Waals surface area contributed by atoms with Crippen molar-refractivity contribution in [1.29, 1.82) is 0 Å². The summed E-state index contributed by atoms with van der Waals surface area (Å²) in [6, 6.07) is 4.21. The Morgan fingerprint density at radius 3 is 2.44 bits per heavy atom. The van der Waals surface area contributed by atoms with Crippen LogP contribution in [0.2, 0.25) is 5.02 Å². The van der Waals surface area contributed by atoms with E-state index in [1.54, 1.807) is 0 Å². The predicted molar refractivity (Wildman–Crippen MR) is 61.7 cm³/mol. The number of benzene rings is 1. The zero-order chi connectivity index (χ0) is 13.3. The molecular weight excluding hydrogens is 262 g/mol. The summed E-state index contributed by atoms with van der Waals surface area (Å²) < 4.78 is 4.76. The van der Waals surface area contributed by atoms with E-state index in [0.717, 1.165) is 4.90 Å². The molecule has 1 aliphatic rings. The number of hydrogen-bond acceptors (Lipinski definition) is 4. The van der Waals surface area contributed by atoms with E-state index in [-0.39, 0.29) is 29.5 Å². The van der Waals surface area contributed by atoms with Crippen LogP contribution in [0.4, 0.5) is 5.69 Å². The third kappa shape index (κ3) is 2.07. The highest BCUT2D eigenvalue weighted by atomic mass is 35.5. The number of carboxylic acid groups (broad SMARTS) is 1. The molecule has 0 bridgehead atoms. The number of anilines is 1. The van der Waals surface area contributed by atoms with E-state index in [9.17, 15) is 14.4 Å². The minimum Gasteiger partial charge on any atom is -0.478 e. The van der Waals surface area contributed by atoms with Crippen LogP contribution in [0, 0.1) is 0 Å². The molecule has 0 atom stereocenters. The molecule has 1 heterocycles. The fourth-order valence-corrected chi connectivity index (χ4v) is 1.92. The number of carboxylic acids is 1. The maximum Gasteiger partial charge on any atom is 0.339 e. The first-order valence-electron chi connectivity index (χ1n) is 4.97. The normalized spacial score (nSPS) is 15.9. The Balaban J connectivity index is 2.56. The first-order valence-corrected chi connectivity index (χ1v) is 5.35. The number of hydrogen-bond donors (Lipinski definition) is 1. The monoisotopic (exact) mass is 269 g/mol. The van der Waals surface area contributed by atoms with Gasteiger partial charge in [0, 0.05) is 0 Å². The summed E-state index contributed by atoms with van der Waals surface area (Å²) in [5.74, 6) is -2.53. The van der Waals surface area contributed by atoms with Gasteiger partial charge in [0.1, 0.15) is 18.8 Å². The lowest BCUT2D eigenvalue weighted by atomic mass is 10.1. The molecule has 0 aliphatic carbocycles. The number of ether oxygens (including phenoxy) is 1. The van der Waals surface area contributed by atoms with Crippen LogP contribution in [0.3, 0.4) is 0 Å². The third-order valence-corrected chi connectivity index (χ3v) is 2.71. The molecular formula is C11H8ClNO5. The molecule has 7 heteroatoms. The van der Waals surface area contributed by atoms with Gasteiger partial charge < -0.3 is 9.84 Å². The van der Waals surface area contributed by atoms with Gasteiger partial charge in [0.15, 0.2) is 0 Å². The summed E-state index contributed by atoms with van der Waals surface area (Å²) in [6.45, 7) is -0.533. The maximum atomic E-state index is 11.6. The van der Waals surface area contributed by atoms with E-state index in [2.05, 4.69) is 0 Å². The molecule has 0 spiro atoms. The lowest BCUT2D eigenvalue weighted by Gasteiger charge is -2.26. The van der Waals surface area contributed by atoms with E-state index >= 15 is 0 Å². The Morgan fingerprint density at radius 2 is 1.89 bits per heavy atom. The van der Waals surface area contributed by atoms with Gasteiger partial charge in [-0.05, 0) is 12.1 Å². The molecule has 18 heavy (non-hydrogen) atoms. The molecule has 1 aromatic rings. The van der Waals surface area contributed by atoms with Crippen molar-refractivity contribution < 1.29 is 24.2 Å². The van der Waals surface area contributed by atoms with Crippen LogP contribution in [0.1, 0.15) is 10.4 Å². The van der Waals surface area contributed by atoms with Gasteiger partial charge in [0.2, 0.25) is 0 Å². The molecule has 1 N–H and O–H groups in total. The number of halogens is 1. The van der Waals surface area contributed by atoms with Gasteiger partial charge in [-0.25, -0.2) is 9.69 Å². The highest BCUT2D eigenvalue weighted by Gasteiger charge is 2.31. The summed E-state index contributed by atoms with van der Waals surface area (Å²) in [6.07, 6.45) is 0. The second kappa shape index (κ2) is 4.75. The van der Waals surface area contributed by atoms with Crippen LogP contribution in [-0.2, 0) is 14.3 Å². The fraction of sp³-hybridized carbons (Fsp3) is 0.182. The molecule has 0 aromatic heterocycles. The zero-order valence-electron chi connectivity index (χ0n) is 9.05. The van der Waals surface area contributed by atoms with Crippen LogP contribution >= 0.6 is 11.6 Å². The number of amides is 2. The van der Waals surface area contributed by atoms with Crippen molar-refractivity contribution in [2.75, 3.05) is 18.1 Å². The lowest BCUT2D eigenvalue weighted by molar-refractivity contribution is -0.138. The van der Waals surface area contributed by atoms with Gasteiger partial charge in [0.05, 0.1) is 10.7 Å². The van der Waals surface area contributed by atoms with E-state index in [4.69, 9.17) is 21.4 Å². The molecule has 0 unspecified atom stereocenters. The molecule has 2 rings (SSSR count).